The van der Waals surface area contributed by atoms with E-state index in [1.165, 1.54) is 12.8 Å². The van der Waals surface area contributed by atoms with Gasteiger partial charge >= 0.3 is 0 Å². The topological polar surface area (TPSA) is 33.3 Å². The lowest BCUT2D eigenvalue weighted by Gasteiger charge is -2.05. The molecule has 0 radical (unpaired) electrons. The molecule has 0 bridgehead atoms. The molecule has 3 heteroatoms. The minimum atomic E-state index is 0.653. The van der Waals surface area contributed by atoms with Crippen LogP contribution in [0.15, 0.2) is 0 Å². The van der Waals surface area contributed by atoms with E-state index >= 15 is 0 Å². The molecule has 0 atom stereocenters. The number of ether oxygens (including phenoxy) is 1. The van der Waals surface area contributed by atoms with Crippen molar-refractivity contribution in [3.63, 3.8) is 0 Å². The Kier molecular flexibility index (Phi) is 6.42. The van der Waals surface area contributed by atoms with Crippen LogP contribution in [0.4, 0.5) is 0 Å². The van der Waals surface area contributed by atoms with Gasteiger partial charge < -0.3 is 15.4 Å². The van der Waals surface area contributed by atoms with Gasteiger partial charge in [0.15, 0.2) is 0 Å². The van der Waals surface area contributed by atoms with Crippen LogP contribution in [-0.4, -0.2) is 39.4 Å². The van der Waals surface area contributed by atoms with Crippen LogP contribution in [0, 0.1) is 18.3 Å². The fourth-order valence-corrected chi connectivity index (χ4v) is 1.14. The lowest BCUT2D eigenvalue weighted by molar-refractivity contribution is 0.126. The van der Waals surface area contributed by atoms with Gasteiger partial charge in [-0.05, 0) is 18.8 Å². The number of hydrogen-bond donors (Lipinski definition) is 2. The van der Waals surface area contributed by atoms with Crippen molar-refractivity contribution in [3.05, 3.63) is 0 Å². The predicted molar refractivity (Wildman–Crippen MR) is 58.1 cm³/mol. The third-order valence-corrected chi connectivity index (χ3v) is 2.18. The molecule has 1 aliphatic rings. The molecule has 0 spiro atoms. The van der Waals surface area contributed by atoms with Crippen molar-refractivity contribution in [1.82, 2.24) is 10.6 Å². The zero-order valence-electron chi connectivity index (χ0n) is 8.72. The summed E-state index contributed by atoms with van der Waals surface area (Å²) in [5.74, 6) is 3.40. The predicted octanol–water partition coefficient (Wildman–Crippen LogP) is 0.225. The normalized spacial score (nSPS) is 15.4. The quantitative estimate of drug-likeness (QED) is 0.409. The van der Waals surface area contributed by atoms with Crippen LogP contribution >= 0.6 is 0 Å². The van der Waals surface area contributed by atoms with Crippen molar-refractivity contribution in [3.8, 4) is 12.3 Å². The van der Waals surface area contributed by atoms with E-state index in [1.54, 1.807) is 0 Å². The average molecular weight is 196 g/mol. The SMILES string of the molecule is C#CCNCCNCCOCC1CC1. The summed E-state index contributed by atoms with van der Waals surface area (Å²) in [6.07, 6.45) is 7.82. The van der Waals surface area contributed by atoms with Gasteiger partial charge in [0, 0.05) is 26.2 Å². The fraction of sp³-hybridized carbons (Fsp3) is 0.818. The van der Waals surface area contributed by atoms with Gasteiger partial charge in [0.25, 0.3) is 0 Å². The third kappa shape index (κ3) is 6.90. The molecular weight excluding hydrogens is 176 g/mol. The molecule has 0 aliphatic heterocycles. The van der Waals surface area contributed by atoms with Gasteiger partial charge in [-0.2, -0.15) is 0 Å². The molecule has 0 aromatic rings. The molecule has 0 heterocycles. The molecule has 14 heavy (non-hydrogen) atoms. The van der Waals surface area contributed by atoms with Crippen LogP contribution in [0.5, 0.6) is 0 Å². The highest BCUT2D eigenvalue weighted by Gasteiger charge is 2.20. The van der Waals surface area contributed by atoms with E-state index < -0.39 is 0 Å². The number of nitrogens with one attached hydrogen (secondary N) is 2. The second-order valence-corrected chi connectivity index (χ2v) is 3.65. The van der Waals surface area contributed by atoms with Crippen LogP contribution in [0.25, 0.3) is 0 Å². The van der Waals surface area contributed by atoms with Crippen LogP contribution in [-0.2, 0) is 4.74 Å². The molecule has 0 aromatic heterocycles. The molecule has 0 unspecified atom stereocenters. The smallest absolute Gasteiger partial charge is 0.0591 e. The molecule has 80 valence electrons. The zero-order valence-corrected chi connectivity index (χ0v) is 8.72. The molecule has 2 N–H and O–H groups in total. The Morgan fingerprint density at radius 1 is 1.21 bits per heavy atom. The monoisotopic (exact) mass is 196 g/mol. The Morgan fingerprint density at radius 2 is 2.00 bits per heavy atom. The Balaban J connectivity index is 1.65. The van der Waals surface area contributed by atoms with Crippen LogP contribution in [0.3, 0.4) is 0 Å². The highest BCUT2D eigenvalue weighted by Crippen LogP contribution is 2.28. The zero-order chi connectivity index (χ0) is 10.1. The molecule has 1 rings (SSSR count). The molecule has 0 saturated heterocycles. The van der Waals surface area contributed by atoms with Crippen molar-refractivity contribution >= 4 is 0 Å². The van der Waals surface area contributed by atoms with E-state index in [9.17, 15) is 0 Å². The first kappa shape index (κ1) is 11.5. The number of terminal acetylenes is 1. The molecular formula is C11H20N2O. The summed E-state index contributed by atoms with van der Waals surface area (Å²) >= 11 is 0. The number of rotatable bonds is 9. The van der Waals surface area contributed by atoms with Gasteiger partial charge in [-0.15, -0.1) is 6.42 Å². The van der Waals surface area contributed by atoms with Crippen LogP contribution < -0.4 is 10.6 Å². The summed E-state index contributed by atoms with van der Waals surface area (Å²) in [5.41, 5.74) is 0. The summed E-state index contributed by atoms with van der Waals surface area (Å²) in [4.78, 5) is 0. The highest BCUT2D eigenvalue weighted by molar-refractivity contribution is 4.86. The van der Waals surface area contributed by atoms with E-state index in [1.807, 2.05) is 0 Å². The Labute approximate surface area is 86.6 Å². The first-order valence-corrected chi connectivity index (χ1v) is 5.36. The molecule has 0 amide bonds. The maximum atomic E-state index is 5.47. The van der Waals surface area contributed by atoms with Gasteiger partial charge in [0.2, 0.25) is 0 Å². The molecule has 1 aliphatic carbocycles. The lowest BCUT2D eigenvalue weighted by Crippen LogP contribution is -2.29. The molecule has 1 fully saturated rings. The van der Waals surface area contributed by atoms with Crippen molar-refractivity contribution in [2.45, 2.75) is 12.8 Å². The average Bonchev–Trinajstić information content (AvgIpc) is 2.99. The Morgan fingerprint density at radius 3 is 2.71 bits per heavy atom. The Bertz CT molecular complexity index is 173. The van der Waals surface area contributed by atoms with E-state index in [-0.39, 0.29) is 0 Å². The van der Waals surface area contributed by atoms with E-state index in [0.717, 1.165) is 38.8 Å². The Hall–Kier alpha value is -0.560. The van der Waals surface area contributed by atoms with Crippen molar-refractivity contribution in [2.75, 3.05) is 39.4 Å². The summed E-state index contributed by atoms with van der Waals surface area (Å²) in [6.45, 7) is 5.24. The van der Waals surface area contributed by atoms with Gasteiger partial charge in [0.1, 0.15) is 0 Å². The van der Waals surface area contributed by atoms with Crippen molar-refractivity contribution in [2.24, 2.45) is 5.92 Å². The standard InChI is InChI=1S/C11H20N2O/c1-2-5-12-6-7-13-8-9-14-10-11-3-4-11/h1,11-13H,3-10H2. The maximum Gasteiger partial charge on any atom is 0.0591 e. The molecule has 0 aromatic carbocycles. The maximum absolute atomic E-state index is 5.47. The van der Waals surface area contributed by atoms with E-state index in [2.05, 4.69) is 16.6 Å². The van der Waals surface area contributed by atoms with Crippen molar-refractivity contribution < 1.29 is 4.74 Å². The number of hydrogen-bond acceptors (Lipinski definition) is 3. The third-order valence-electron chi connectivity index (χ3n) is 2.18. The largest absolute Gasteiger partial charge is 0.380 e. The van der Waals surface area contributed by atoms with Gasteiger partial charge in [-0.1, -0.05) is 5.92 Å². The first-order valence-electron chi connectivity index (χ1n) is 5.36. The van der Waals surface area contributed by atoms with Crippen LogP contribution in [0.1, 0.15) is 12.8 Å². The van der Waals surface area contributed by atoms with Gasteiger partial charge in [-0.3, -0.25) is 0 Å². The summed E-state index contributed by atoms with van der Waals surface area (Å²) in [6, 6.07) is 0. The van der Waals surface area contributed by atoms with Crippen LogP contribution in [0.2, 0.25) is 0 Å². The highest BCUT2D eigenvalue weighted by atomic mass is 16.5. The molecule has 1 saturated carbocycles. The summed E-state index contributed by atoms with van der Waals surface area (Å²) < 4.78 is 5.47. The second-order valence-electron chi connectivity index (χ2n) is 3.65. The first-order chi connectivity index (χ1) is 6.93. The fourth-order valence-electron chi connectivity index (χ4n) is 1.14. The van der Waals surface area contributed by atoms with E-state index in [4.69, 9.17) is 11.2 Å². The van der Waals surface area contributed by atoms with Gasteiger partial charge in [-0.25, -0.2) is 0 Å². The summed E-state index contributed by atoms with van der Waals surface area (Å²) in [5, 5.41) is 6.40. The minimum Gasteiger partial charge on any atom is -0.380 e. The van der Waals surface area contributed by atoms with E-state index in [0.29, 0.717) is 6.54 Å². The second kappa shape index (κ2) is 7.81. The van der Waals surface area contributed by atoms with Gasteiger partial charge in [0.05, 0.1) is 13.2 Å². The minimum absolute atomic E-state index is 0.653. The lowest BCUT2D eigenvalue weighted by atomic mass is 10.5. The summed E-state index contributed by atoms with van der Waals surface area (Å²) in [7, 11) is 0. The molecule has 3 nitrogen and oxygen atoms in total. The van der Waals surface area contributed by atoms with Crippen molar-refractivity contribution in [1.29, 1.82) is 0 Å².